The summed E-state index contributed by atoms with van der Waals surface area (Å²) < 4.78 is 9.70. The van der Waals surface area contributed by atoms with Crippen LogP contribution < -0.4 is 0 Å². The monoisotopic (exact) mass is 306 g/mol. The zero-order valence-corrected chi connectivity index (χ0v) is 13.2. The summed E-state index contributed by atoms with van der Waals surface area (Å²) in [5.74, 6) is -1.49. The first-order valence-corrected chi connectivity index (χ1v) is 7.36. The number of carbonyl (C=O) groups is 2. The summed E-state index contributed by atoms with van der Waals surface area (Å²) in [5, 5.41) is 9.43. The Kier molecular flexibility index (Phi) is 4.74. The summed E-state index contributed by atoms with van der Waals surface area (Å²) in [6.45, 7) is 2.07. The number of esters is 2. The van der Waals surface area contributed by atoms with E-state index < -0.39 is 11.8 Å². The lowest BCUT2D eigenvalue weighted by atomic mass is 9.63. The molecule has 5 heteroatoms. The van der Waals surface area contributed by atoms with Crippen molar-refractivity contribution in [3.05, 3.63) is 29.8 Å². The topological polar surface area (TPSA) is 72.8 Å². The van der Waals surface area contributed by atoms with E-state index in [0.717, 1.165) is 12.0 Å². The van der Waals surface area contributed by atoms with Crippen LogP contribution >= 0.6 is 0 Å². The van der Waals surface area contributed by atoms with Crippen LogP contribution in [-0.4, -0.2) is 31.3 Å². The number of benzene rings is 1. The Morgan fingerprint density at radius 1 is 1.09 bits per heavy atom. The molecular formula is C17H22O5. The van der Waals surface area contributed by atoms with Crippen molar-refractivity contribution in [3.8, 4) is 5.75 Å². The first kappa shape index (κ1) is 16.3. The molecule has 1 aliphatic rings. The zero-order valence-electron chi connectivity index (χ0n) is 13.2. The van der Waals surface area contributed by atoms with Crippen LogP contribution in [0.3, 0.4) is 0 Å². The first-order valence-electron chi connectivity index (χ1n) is 7.36. The first-order chi connectivity index (χ1) is 10.4. The van der Waals surface area contributed by atoms with E-state index in [-0.39, 0.29) is 23.1 Å². The number of phenolic OH excluding ortho intramolecular Hbond substituents is 1. The molecule has 1 aromatic carbocycles. The second-order valence-electron chi connectivity index (χ2n) is 6.11. The predicted octanol–water partition coefficient (Wildman–Crippen LogP) is 2.41. The van der Waals surface area contributed by atoms with Gasteiger partial charge in [0, 0.05) is 0 Å². The van der Waals surface area contributed by atoms with Gasteiger partial charge in [0.05, 0.1) is 26.1 Å². The number of aromatic hydroxyl groups is 1. The lowest BCUT2D eigenvalue weighted by Crippen LogP contribution is -2.42. The van der Waals surface area contributed by atoms with E-state index in [4.69, 9.17) is 9.47 Å². The molecule has 3 atom stereocenters. The number of hydrogen-bond donors (Lipinski definition) is 1. The Hall–Kier alpha value is -2.04. The minimum Gasteiger partial charge on any atom is -0.508 e. The third-order valence-corrected chi connectivity index (χ3v) is 4.74. The number of rotatable bonds is 3. The van der Waals surface area contributed by atoms with E-state index in [9.17, 15) is 14.7 Å². The van der Waals surface area contributed by atoms with E-state index in [1.165, 1.54) is 14.2 Å². The molecule has 1 aromatic rings. The fourth-order valence-electron chi connectivity index (χ4n) is 3.36. The molecular weight excluding hydrogens is 284 g/mol. The summed E-state index contributed by atoms with van der Waals surface area (Å²) in [6, 6.07) is 7.00. The second-order valence-corrected chi connectivity index (χ2v) is 6.11. The molecule has 1 fully saturated rings. The van der Waals surface area contributed by atoms with Gasteiger partial charge in [-0.05, 0) is 42.4 Å². The maximum absolute atomic E-state index is 12.1. The van der Waals surface area contributed by atoms with Crippen molar-refractivity contribution in [2.75, 3.05) is 14.2 Å². The van der Waals surface area contributed by atoms with Crippen LogP contribution in [0.1, 0.15) is 31.7 Å². The Bertz CT molecular complexity index is 551. The molecule has 22 heavy (non-hydrogen) atoms. The minimum absolute atomic E-state index is 0.208. The van der Waals surface area contributed by atoms with Crippen LogP contribution in [0, 0.1) is 11.8 Å². The molecule has 120 valence electrons. The lowest BCUT2D eigenvalue weighted by molar-refractivity contribution is -0.160. The van der Waals surface area contributed by atoms with Gasteiger partial charge >= 0.3 is 11.9 Å². The Morgan fingerprint density at radius 2 is 1.64 bits per heavy atom. The average Bonchev–Trinajstić information content (AvgIpc) is 2.53. The predicted molar refractivity (Wildman–Crippen MR) is 80.3 cm³/mol. The van der Waals surface area contributed by atoms with Crippen LogP contribution in [-0.2, 0) is 24.5 Å². The fourth-order valence-corrected chi connectivity index (χ4v) is 3.36. The molecule has 0 spiro atoms. The summed E-state index contributed by atoms with van der Waals surface area (Å²) in [5.41, 5.74) is 0.805. The highest BCUT2D eigenvalue weighted by Gasteiger charge is 2.45. The molecule has 5 nitrogen and oxygen atoms in total. The van der Waals surface area contributed by atoms with Gasteiger partial charge in [0.2, 0.25) is 0 Å². The SMILES string of the molecule is COC(=O)[C@H]1C[C@@](C)(c2ccc(O)cc2)CC[C@H]1C(=O)OC. The number of ether oxygens (including phenoxy) is 2. The van der Waals surface area contributed by atoms with Gasteiger partial charge in [-0.15, -0.1) is 0 Å². The van der Waals surface area contributed by atoms with Gasteiger partial charge < -0.3 is 14.6 Å². The van der Waals surface area contributed by atoms with Crippen LogP contribution in [0.2, 0.25) is 0 Å². The van der Waals surface area contributed by atoms with Gasteiger partial charge in [-0.1, -0.05) is 19.1 Å². The average molecular weight is 306 g/mol. The Labute approximate surface area is 130 Å². The molecule has 1 aliphatic carbocycles. The maximum Gasteiger partial charge on any atom is 0.309 e. The van der Waals surface area contributed by atoms with Crippen molar-refractivity contribution in [1.82, 2.24) is 0 Å². The van der Waals surface area contributed by atoms with Crippen molar-refractivity contribution in [3.63, 3.8) is 0 Å². The third kappa shape index (κ3) is 3.08. The van der Waals surface area contributed by atoms with E-state index >= 15 is 0 Å². The van der Waals surface area contributed by atoms with Crippen LogP contribution in [0.15, 0.2) is 24.3 Å². The Balaban J connectivity index is 2.29. The number of carbonyl (C=O) groups excluding carboxylic acids is 2. The highest BCUT2D eigenvalue weighted by atomic mass is 16.5. The fraction of sp³-hybridized carbons (Fsp3) is 0.529. The number of phenols is 1. The van der Waals surface area contributed by atoms with Crippen LogP contribution in [0.5, 0.6) is 5.75 Å². The van der Waals surface area contributed by atoms with Crippen LogP contribution in [0.4, 0.5) is 0 Å². The van der Waals surface area contributed by atoms with Crippen molar-refractivity contribution in [1.29, 1.82) is 0 Å². The van der Waals surface area contributed by atoms with Gasteiger partial charge in [-0.25, -0.2) is 0 Å². The summed E-state index contributed by atoms with van der Waals surface area (Å²) in [6.07, 6.45) is 1.86. The van der Waals surface area contributed by atoms with E-state index in [1.807, 2.05) is 12.1 Å². The molecule has 2 rings (SSSR count). The van der Waals surface area contributed by atoms with Crippen molar-refractivity contribution < 1.29 is 24.2 Å². The second kappa shape index (κ2) is 6.38. The molecule has 0 radical (unpaired) electrons. The molecule has 0 heterocycles. The van der Waals surface area contributed by atoms with Gasteiger partial charge in [-0.3, -0.25) is 9.59 Å². The minimum atomic E-state index is -0.509. The molecule has 1 saturated carbocycles. The molecule has 0 amide bonds. The standard InChI is InChI=1S/C17H22O5/c1-17(11-4-6-12(18)7-5-11)9-8-13(15(19)21-2)14(10-17)16(20)22-3/h4-7,13-14,18H,8-10H2,1-3H3/t13-,14+,17+/m1/s1. The quantitative estimate of drug-likeness (QED) is 0.868. The summed E-state index contributed by atoms with van der Waals surface area (Å²) >= 11 is 0. The highest BCUT2D eigenvalue weighted by molar-refractivity contribution is 5.82. The van der Waals surface area contributed by atoms with E-state index in [2.05, 4.69) is 6.92 Å². The zero-order chi connectivity index (χ0) is 16.3. The van der Waals surface area contributed by atoms with Crippen molar-refractivity contribution in [2.45, 2.75) is 31.6 Å². The van der Waals surface area contributed by atoms with Gasteiger partial charge in [0.15, 0.2) is 0 Å². The van der Waals surface area contributed by atoms with Gasteiger partial charge in [0.25, 0.3) is 0 Å². The summed E-state index contributed by atoms with van der Waals surface area (Å²) in [7, 11) is 2.67. The molecule has 0 bridgehead atoms. The lowest BCUT2D eigenvalue weighted by Gasteiger charge is -2.40. The highest BCUT2D eigenvalue weighted by Crippen LogP contribution is 2.45. The Morgan fingerprint density at radius 3 is 2.18 bits per heavy atom. The third-order valence-electron chi connectivity index (χ3n) is 4.74. The summed E-state index contributed by atoms with van der Waals surface area (Å²) in [4.78, 5) is 24.0. The molecule has 0 aromatic heterocycles. The van der Waals surface area contributed by atoms with E-state index in [0.29, 0.717) is 12.8 Å². The molecule has 0 saturated heterocycles. The molecule has 0 aliphatic heterocycles. The number of hydrogen-bond acceptors (Lipinski definition) is 5. The van der Waals surface area contributed by atoms with E-state index in [1.54, 1.807) is 12.1 Å². The maximum atomic E-state index is 12.1. The van der Waals surface area contributed by atoms with Crippen molar-refractivity contribution in [2.24, 2.45) is 11.8 Å². The molecule has 0 unspecified atom stereocenters. The van der Waals surface area contributed by atoms with Gasteiger partial charge in [0.1, 0.15) is 5.75 Å². The largest absolute Gasteiger partial charge is 0.508 e. The van der Waals surface area contributed by atoms with Gasteiger partial charge in [-0.2, -0.15) is 0 Å². The smallest absolute Gasteiger partial charge is 0.309 e. The molecule has 1 N–H and O–H groups in total. The van der Waals surface area contributed by atoms with Crippen molar-refractivity contribution >= 4 is 11.9 Å². The normalized spacial score (nSPS) is 28.0. The van der Waals surface area contributed by atoms with Crippen LogP contribution in [0.25, 0.3) is 0 Å². The number of methoxy groups -OCH3 is 2.